The molecule has 0 aliphatic carbocycles. The highest BCUT2D eigenvalue weighted by atomic mass is 32.2. The number of aryl methyl sites for hydroxylation is 2. The van der Waals surface area contributed by atoms with Crippen molar-refractivity contribution < 1.29 is 23.9 Å². The molecule has 0 bridgehead atoms. The molecule has 3 amide bonds. The van der Waals surface area contributed by atoms with Gasteiger partial charge >= 0.3 is 6.03 Å². The summed E-state index contributed by atoms with van der Waals surface area (Å²) in [7, 11) is 0. The normalized spacial score (nSPS) is 18.6. The van der Waals surface area contributed by atoms with E-state index in [1.165, 1.54) is 34.9 Å². The molecule has 7 rings (SSSR count). The Morgan fingerprint density at radius 3 is 2.69 bits per heavy atom. The summed E-state index contributed by atoms with van der Waals surface area (Å²) >= 11 is 6.18. The van der Waals surface area contributed by atoms with Crippen LogP contribution in [0.25, 0.3) is 15.9 Å². The lowest BCUT2D eigenvalue weighted by atomic mass is 10.0. The fourth-order valence-electron chi connectivity index (χ4n) is 6.90. The van der Waals surface area contributed by atoms with Gasteiger partial charge in [0.1, 0.15) is 16.6 Å². The minimum Gasteiger partial charge on any atom is -0.381 e. The Bertz CT molecular complexity index is 2120. The topological polar surface area (TPSA) is 161 Å². The van der Waals surface area contributed by atoms with Crippen LogP contribution < -0.4 is 21.5 Å². The van der Waals surface area contributed by atoms with Crippen molar-refractivity contribution in [2.24, 2.45) is 0 Å². The number of carbonyl (C=O) groups excluding carboxylic acids is 4. The number of ketones is 2. The van der Waals surface area contributed by atoms with Gasteiger partial charge in [-0.15, -0.1) is 23.1 Å². The van der Waals surface area contributed by atoms with E-state index in [4.69, 9.17) is 9.72 Å². The average Bonchev–Trinajstić information content (AvgIpc) is 3.96. The van der Waals surface area contributed by atoms with Crippen molar-refractivity contribution in [1.29, 1.82) is 0 Å². The zero-order chi connectivity index (χ0) is 38.3. The van der Waals surface area contributed by atoms with Gasteiger partial charge in [-0.3, -0.25) is 23.7 Å². The molecule has 16 heteroatoms. The Labute approximate surface area is 336 Å². The number of Topliss-reactive ketones (excluding diaryl/α,β-unsaturated/α-hetero) is 2. The van der Waals surface area contributed by atoms with Gasteiger partial charge in [0.2, 0.25) is 5.91 Å². The third-order valence-electron chi connectivity index (χ3n) is 9.75. The van der Waals surface area contributed by atoms with Crippen molar-refractivity contribution in [2.75, 3.05) is 30.5 Å². The monoisotopic (exact) mass is 820 g/mol. The summed E-state index contributed by atoms with van der Waals surface area (Å²) in [5, 5.41) is 10.5. The second-order valence-electron chi connectivity index (χ2n) is 14.0. The number of fused-ring (bicyclic) bond motifs is 3. The minimum absolute atomic E-state index is 0.0160. The van der Waals surface area contributed by atoms with Crippen molar-refractivity contribution >= 4 is 80.3 Å². The molecule has 5 heterocycles. The molecule has 4 aromatic rings. The van der Waals surface area contributed by atoms with Crippen molar-refractivity contribution in [3.8, 4) is 5.69 Å². The van der Waals surface area contributed by atoms with Gasteiger partial charge < -0.3 is 20.7 Å². The van der Waals surface area contributed by atoms with Crippen LogP contribution >= 0.6 is 46.6 Å². The van der Waals surface area contributed by atoms with Crippen LogP contribution in [-0.2, 0) is 38.5 Å². The third kappa shape index (κ3) is 10.2. The van der Waals surface area contributed by atoms with E-state index >= 15 is 0 Å². The lowest BCUT2D eigenvalue weighted by Crippen LogP contribution is -2.36. The summed E-state index contributed by atoms with van der Waals surface area (Å²) in [6, 6.07) is 13.8. The number of thiazole rings is 1. The molecule has 12 nitrogen and oxygen atoms in total. The van der Waals surface area contributed by atoms with Crippen molar-refractivity contribution in [3.05, 3.63) is 74.6 Å². The van der Waals surface area contributed by atoms with Crippen molar-refractivity contribution in [2.45, 2.75) is 92.2 Å². The van der Waals surface area contributed by atoms with Crippen molar-refractivity contribution in [1.82, 2.24) is 30.5 Å². The maximum Gasteiger partial charge on any atom is 0.315 e. The van der Waals surface area contributed by atoms with E-state index in [1.807, 2.05) is 55.1 Å². The first-order chi connectivity index (χ1) is 26.7. The Balaban J connectivity index is 0.824. The number of thioether (sulfide) groups is 3. The number of carbonyl (C=O) groups is 4. The summed E-state index contributed by atoms with van der Waals surface area (Å²) in [5.74, 6) is 1.98. The predicted molar refractivity (Wildman–Crippen MR) is 219 cm³/mol. The van der Waals surface area contributed by atoms with Crippen LogP contribution in [0.1, 0.15) is 60.4 Å². The molecule has 290 valence electrons. The van der Waals surface area contributed by atoms with Crippen LogP contribution in [0.3, 0.4) is 0 Å². The highest BCUT2D eigenvalue weighted by Gasteiger charge is 2.42. The molecule has 2 saturated heterocycles. The lowest BCUT2D eigenvalue weighted by Gasteiger charge is -2.16. The number of rotatable bonds is 19. The quantitative estimate of drug-likeness (QED) is 0.0480. The number of amides is 3. The van der Waals surface area contributed by atoms with E-state index in [-0.39, 0.29) is 66.3 Å². The Morgan fingerprint density at radius 1 is 1.00 bits per heavy atom. The molecule has 3 unspecified atom stereocenters. The van der Waals surface area contributed by atoms with Crippen LogP contribution in [0.5, 0.6) is 0 Å². The molecular formula is C39H44N6O6S4. The number of benzene rings is 2. The van der Waals surface area contributed by atoms with Gasteiger partial charge in [-0.25, -0.2) is 14.8 Å². The molecule has 3 aliphatic heterocycles. The summed E-state index contributed by atoms with van der Waals surface area (Å²) in [6.45, 7) is 3.06. The Hall–Kier alpha value is -3.70. The summed E-state index contributed by atoms with van der Waals surface area (Å²) in [5.41, 5.74) is 4.22. The van der Waals surface area contributed by atoms with Gasteiger partial charge in [-0.1, -0.05) is 30.0 Å². The highest BCUT2D eigenvalue weighted by molar-refractivity contribution is 8.00. The van der Waals surface area contributed by atoms with E-state index in [1.54, 1.807) is 4.57 Å². The zero-order valence-electron chi connectivity index (χ0n) is 30.6. The lowest BCUT2D eigenvalue weighted by molar-refractivity contribution is -0.123. The van der Waals surface area contributed by atoms with Gasteiger partial charge in [0.25, 0.3) is 5.56 Å². The second-order valence-corrected chi connectivity index (χ2v) is 18.4. The zero-order valence-corrected chi connectivity index (χ0v) is 33.9. The fraction of sp³-hybridized carbons (Fsp3) is 0.462. The fourth-order valence-corrected chi connectivity index (χ4v) is 11.4. The number of aromatic nitrogens is 3. The number of hydrogen-bond donors (Lipinski definition) is 3. The SMILES string of the molecule is Cc1ccc2nc(CC(=O)CSc3nc4c(c(=O)n3-c3ccc(CNC(=O)CCOCCCC(=O)CCCC5SCC6NC(=O)NC65)cc3)SCC4)sc2c1. The molecule has 3 atom stereocenters. The van der Waals surface area contributed by atoms with Crippen LogP contribution in [0.2, 0.25) is 0 Å². The second kappa shape index (κ2) is 18.5. The number of nitrogens with zero attached hydrogens (tertiary/aromatic N) is 3. The summed E-state index contributed by atoms with van der Waals surface area (Å²) in [4.78, 5) is 73.2. The van der Waals surface area contributed by atoms with Crippen molar-refractivity contribution in [3.63, 3.8) is 0 Å². The summed E-state index contributed by atoms with van der Waals surface area (Å²) in [6.07, 6.45) is 4.51. The largest absolute Gasteiger partial charge is 0.381 e. The smallest absolute Gasteiger partial charge is 0.315 e. The van der Waals surface area contributed by atoms with E-state index in [2.05, 4.69) is 27.0 Å². The van der Waals surface area contributed by atoms with Gasteiger partial charge in [0, 0.05) is 55.6 Å². The first kappa shape index (κ1) is 39.5. The van der Waals surface area contributed by atoms with E-state index in [0.29, 0.717) is 53.4 Å². The van der Waals surface area contributed by atoms with Crippen LogP contribution in [0.15, 0.2) is 57.3 Å². The van der Waals surface area contributed by atoms with E-state index < -0.39 is 0 Å². The average molecular weight is 821 g/mol. The Kier molecular flexibility index (Phi) is 13.3. The van der Waals surface area contributed by atoms with E-state index in [9.17, 15) is 24.0 Å². The van der Waals surface area contributed by atoms with Crippen LogP contribution in [0, 0.1) is 6.92 Å². The first-order valence-electron chi connectivity index (χ1n) is 18.6. The minimum atomic E-state index is -0.138. The molecule has 3 aliphatic rings. The highest BCUT2D eigenvalue weighted by Crippen LogP contribution is 2.33. The molecule has 2 aromatic heterocycles. The number of hydrogen-bond acceptors (Lipinski definition) is 12. The van der Waals surface area contributed by atoms with Crippen LogP contribution in [0.4, 0.5) is 4.79 Å². The molecule has 3 N–H and O–H groups in total. The first-order valence-corrected chi connectivity index (χ1v) is 22.5. The molecule has 2 fully saturated rings. The molecule has 0 spiro atoms. The third-order valence-corrected chi connectivity index (χ3v) is 14.4. The molecule has 55 heavy (non-hydrogen) atoms. The van der Waals surface area contributed by atoms with Gasteiger partial charge in [-0.2, -0.15) is 11.8 Å². The van der Waals surface area contributed by atoms with Gasteiger partial charge in [0.15, 0.2) is 5.16 Å². The standard InChI is InChI=1S/C39H44N6O6S4/c1-23-7-12-28-32(18-23)55-34(41-28)19-27(47)21-54-39-43-29-14-17-52-36(29)37(49)45(39)25-10-8-24(9-11-25)20-40-33(48)13-16-51-15-3-5-26(46)4-2-6-31-35-30(22-53-31)42-38(50)44-35/h7-12,18,30-31,35H,2-6,13-17,19-22H2,1H3,(H,40,48)(H2,42,44,50). The molecule has 2 aromatic carbocycles. The number of ether oxygens (including phenoxy) is 1. The maximum absolute atomic E-state index is 13.7. The molecular weight excluding hydrogens is 777 g/mol. The predicted octanol–water partition coefficient (Wildman–Crippen LogP) is 5.41. The van der Waals surface area contributed by atoms with Crippen LogP contribution in [-0.4, -0.2) is 85.8 Å². The maximum atomic E-state index is 13.7. The number of nitrogens with one attached hydrogen (secondary N) is 3. The summed E-state index contributed by atoms with van der Waals surface area (Å²) < 4.78 is 8.27. The molecule has 0 radical (unpaired) electrons. The van der Waals surface area contributed by atoms with Gasteiger partial charge in [-0.05, 0) is 61.6 Å². The Morgan fingerprint density at radius 2 is 1.84 bits per heavy atom. The number of urea groups is 1. The van der Waals surface area contributed by atoms with E-state index in [0.717, 1.165) is 62.8 Å². The van der Waals surface area contributed by atoms with Gasteiger partial charge in [0.05, 0.1) is 57.4 Å². The molecule has 0 saturated carbocycles.